The fourth-order valence-corrected chi connectivity index (χ4v) is 2.65. The fourth-order valence-electron chi connectivity index (χ4n) is 2.02. The zero-order chi connectivity index (χ0) is 17.2. The molecule has 0 aliphatic rings. The number of sulfone groups is 1. The van der Waals surface area contributed by atoms with Gasteiger partial charge in [0.1, 0.15) is 5.76 Å². The lowest BCUT2D eigenvalue weighted by Crippen LogP contribution is -2.33. The third-order valence-electron chi connectivity index (χ3n) is 3.55. The van der Waals surface area contributed by atoms with Crippen LogP contribution >= 0.6 is 0 Å². The summed E-state index contributed by atoms with van der Waals surface area (Å²) < 4.78 is 27.8. The lowest BCUT2D eigenvalue weighted by molar-refractivity contribution is 0.208. The van der Waals surface area contributed by atoms with Crippen LogP contribution in [0.1, 0.15) is 24.3 Å². The van der Waals surface area contributed by atoms with Crippen molar-refractivity contribution in [3.05, 3.63) is 41.7 Å². The number of carbonyl (C=O) groups excluding carboxylic acids is 1. The molecule has 2 amide bonds. The third kappa shape index (κ3) is 4.10. The molecule has 0 fully saturated rings. The molecule has 0 aliphatic carbocycles. The molecule has 1 heterocycles. The zero-order valence-electron chi connectivity index (χ0n) is 13.4. The fraction of sp³-hybridized carbons (Fsp3) is 0.333. The van der Waals surface area contributed by atoms with Crippen molar-refractivity contribution in [1.29, 1.82) is 0 Å². The lowest BCUT2D eigenvalue weighted by atomic mass is 10.1. The standard InChI is InChI=1S/C15H19N3O4S/c1-10-9-14(17-22-10)16-15(19)18(3)11(2)12-5-7-13(8-6-12)23(4,20)21/h5-9,11H,1-4H3,(H,16,17,19)/t11-/m1/s1. The number of aryl methyl sites for hydroxylation is 1. The number of hydrogen-bond donors (Lipinski definition) is 1. The van der Waals surface area contributed by atoms with Gasteiger partial charge < -0.3 is 9.42 Å². The van der Waals surface area contributed by atoms with Crippen LogP contribution in [0, 0.1) is 6.92 Å². The molecule has 0 saturated heterocycles. The molecule has 1 aromatic heterocycles. The van der Waals surface area contributed by atoms with Gasteiger partial charge in [0.05, 0.1) is 10.9 Å². The van der Waals surface area contributed by atoms with Gasteiger partial charge in [-0.25, -0.2) is 13.2 Å². The molecule has 0 radical (unpaired) electrons. The van der Waals surface area contributed by atoms with E-state index in [9.17, 15) is 13.2 Å². The van der Waals surface area contributed by atoms with Gasteiger partial charge in [0.15, 0.2) is 15.7 Å². The summed E-state index contributed by atoms with van der Waals surface area (Å²) in [6.45, 7) is 3.58. The maximum Gasteiger partial charge on any atom is 0.323 e. The van der Waals surface area contributed by atoms with E-state index in [4.69, 9.17) is 4.52 Å². The Morgan fingerprint density at radius 2 is 1.91 bits per heavy atom. The van der Waals surface area contributed by atoms with E-state index < -0.39 is 9.84 Å². The molecule has 0 unspecified atom stereocenters. The van der Waals surface area contributed by atoms with Gasteiger partial charge in [0.2, 0.25) is 0 Å². The predicted molar refractivity (Wildman–Crippen MR) is 86.0 cm³/mol. The van der Waals surface area contributed by atoms with Crippen LogP contribution in [0.2, 0.25) is 0 Å². The Bertz CT molecular complexity index is 796. The highest BCUT2D eigenvalue weighted by atomic mass is 32.2. The molecule has 124 valence electrons. The van der Waals surface area contributed by atoms with Crippen LogP contribution < -0.4 is 5.32 Å². The molecule has 23 heavy (non-hydrogen) atoms. The van der Waals surface area contributed by atoms with Crippen LogP contribution in [0.5, 0.6) is 0 Å². The van der Waals surface area contributed by atoms with E-state index in [1.807, 2.05) is 6.92 Å². The maximum atomic E-state index is 12.2. The molecule has 2 aromatic rings. The number of nitrogens with zero attached hydrogens (tertiary/aromatic N) is 2. The minimum absolute atomic E-state index is 0.239. The Hall–Kier alpha value is -2.35. The normalized spacial score (nSPS) is 12.7. The van der Waals surface area contributed by atoms with E-state index in [1.54, 1.807) is 32.2 Å². The van der Waals surface area contributed by atoms with Gasteiger partial charge in [-0.2, -0.15) is 0 Å². The SMILES string of the molecule is Cc1cc(NC(=O)N(C)[C@H](C)c2ccc(S(C)(=O)=O)cc2)no1. The predicted octanol–water partition coefficient (Wildman–Crippen LogP) is 2.61. The third-order valence-corrected chi connectivity index (χ3v) is 4.68. The van der Waals surface area contributed by atoms with Crippen molar-refractivity contribution in [3.63, 3.8) is 0 Å². The van der Waals surface area contributed by atoms with Crippen LogP contribution in [0.25, 0.3) is 0 Å². The number of anilines is 1. The van der Waals surface area contributed by atoms with Gasteiger partial charge in [-0.15, -0.1) is 0 Å². The summed E-state index contributed by atoms with van der Waals surface area (Å²) in [5, 5.41) is 6.34. The second kappa shape index (κ2) is 6.41. The molecule has 0 bridgehead atoms. The van der Waals surface area contributed by atoms with Crippen molar-refractivity contribution < 1.29 is 17.7 Å². The monoisotopic (exact) mass is 337 g/mol. The van der Waals surface area contributed by atoms with E-state index >= 15 is 0 Å². The molecule has 0 saturated carbocycles. The first-order valence-corrected chi connectivity index (χ1v) is 8.85. The highest BCUT2D eigenvalue weighted by Crippen LogP contribution is 2.21. The Balaban J connectivity index is 2.09. The molecular weight excluding hydrogens is 318 g/mol. The topological polar surface area (TPSA) is 92.5 Å². The molecule has 8 heteroatoms. The number of benzene rings is 1. The highest BCUT2D eigenvalue weighted by Gasteiger charge is 2.19. The molecule has 1 atom stereocenters. The average molecular weight is 337 g/mol. The van der Waals surface area contributed by atoms with Crippen LogP contribution in [-0.4, -0.2) is 37.8 Å². The first kappa shape index (κ1) is 17.0. The minimum Gasteiger partial charge on any atom is -0.360 e. The van der Waals surface area contributed by atoms with Crippen LogP contribution in [0.3, 0.4) is 0 Å². The van der Waals surface area contributed by atoms with E-state index in [2.05, 4.69) is 10.5 Å². The first-order valence-electron chi connectivity index (χ1n) is 6.95. The number of aromatic nitrogens is 1. The van der Waals surface area contributed by atoms with Crippen LogP contribution in [-0.2, 0) is 9.84 Å². The van der Waals surface area contributed by atoms with E-state index in [0.29, 0.717) is 11.6 Å². The minimum atomic E-state index is -3.23. The van der Waals surface area contributed by atoms with Crippen LogP contribution in [0.15, 0.2) is 39.8 Å². The smallest absolute Gasteiger partial charge is 0.323 e. The number of urea groups is 1. The average Bonchev–Trinajstić information content (AvgIpc) is 2.90. The summed E-state index contributed by atoms with van der Waals surface area (Å²) >= 11 is 0. The largest absolute Gasteiger partial charge is 0.360 e. The highest BCUT2D eigenvalue weighted by molar-refractivity contribution is 7.90. The summed E-state index contributed by atoms with van der Waals surface area (Å²) in [5.41, 5.74) is 0.825. The Kier molecular flexibility index (Phi) is 4.74. The summed E-state index contributed by atoms with van der Waals surface area (Å²) in [7, 11) is -1.58. The molecule has 0 spiro atoms. The molecule has 0 aliphatic heterocycles. The number of amides is 2. The summed E-state index contributed by atoms with van der Waals surface area (Å²) in [5.74, 6) is 0.950. The molecule has 1 N–H and O–H groups in total. The Morgan fingerprint density at radius 1 is 1.30 bits per heavy atom. The van der Waals surface area contributed by atoms with Gasteiger partial charge in [0, 0.05) is 19.4 Å². The van der Waals surface area contributed by atoms with Crippen LogP contribution in [0.4, 0.5) is 10.6 Å². The van der Waals surface area contributed by atoms with Crippen molar-refractivity contribution in [2.45, 2.75) is 24.8 Å². The van der Waals surface area contributed by atoms with Gasteiger partial charge in [-0.05, 0) is 31.5 Å². The Morgan fingerprint density at radius 3 is 2.39 bits per heavy atom. The first-order chi connectivity index (χ1) is 10.7. The van der Waals surface area contributed by atoms with E-state index in [0.717, 1.165) is 11.8 Å². The van der Waals surface area contributed by atoms with Crippen molar-refractivity contribution in [2.75, 3.05) is 18.6 Å². The second-order valence-electron chi connectivity index (χ2n) is 5.38. The maximum absolute atomic E-state index is 12.2. The number of carbonyl (C=O) groups is 1. The number of hydrogen-bond acceptors (Lipinski definition) is 5. The summed E-state index contributed by atoms with van der Waals surface area (Å²) in [4.78, 5) is 13.9. The zero-order valence-corrected chi connectivity index (χ0v) is 14.2. The van der Waals surface area contributed by atoms with Gasteiger partial charge in [0.25, 0.3) is 0 Å². The molecule has 7 nitrogen and oxygen atoms in total. The summed E-state index contributed by atoms with van der Waals surface area (Å²) in [6, 6.07) is 7.52. The van der Waals surface area contributed by atoms with E-state index in [-0.39, 0.29) is 17.0 Å². The van der Waals surface area contributed by atoms with E-state index in [1.165, 1.54) is 17.0 Å². The van der Waals surface area contributed by atoms with Crippen molar-refractivity contribution in [1.82, 2.24) is 10.1 Å². The number of nitrogens with one attached hydrogen (secondary N) is 1. The Labute approximate surface area is 135 Å². The van der Waals surface area contributed by atoms with Crippen molar-refractivity contribution >= 4 is 21.7 Å². The van der Waals surface area contributed by atoms with Gasteiger partial charge in [-0.1, -0.05) is 17.3 Å². The van der Waals surface area contributed by atoms with Crippen molar-refractivity contribution in [3.8, 4) is 0 Å². The van der Waals surface area contributed by atoms with Crippen molar-refractivity contribution in [2.24, 2.45) is 0 Å². The molecular formula is C15H19N3O4S. The summed E-state index contributed by atoms with van der Waals surface area (Å²) in [6.07, 6.45) is 1.16. The molecule has 2 rings (SSSR count). The van der Waals surface area contributed by atoms with Gasteiger partial charge >= 0.3 is 6.03 Å². The quantitative estimate of drug-likeness (QED) is 0.926. The molecule has 1 aromatic carbocycles. The lowest BCUT2D eigenvalue weighted by Gasteiger charge is -2.25. The number of rotatable bonds is 4. The van der Waals surface area contributed by atoms with Gasteiger partial charge in [-0.3, -0.25) is 5.32 Å². The second-order valence-corrected chi connectivity index (χ2v) is 7.40.